The van der Waals surface area contributed by atoms with Gasteiger partial charge in [-0.3, -0.25) is 9.36 Å². The maximum absolute atomic E-state index is 12.1. The summed E-state index contributed by atoms with van der Waals surface area (Å²) in [4.78, 5) is 16.3. The summed E-state index contributed by atoms with van der Waals surface area (Å²) >= 11 is 1.25. The maximum atomic E-state index is 12.1. The van der Waals surface area contributed by atoms with Gasteiger partial charge in [-0.25, -0.2) is 9.67 Å². The van der Waals surface area contributed by atoms with E-state index in [2.05, 4.69) is 16.2 Å². The van der Waals surface area contributed by atoms with E-state index in [-0.39, 0.29) is 10.9 Å². The van der Waals surface area contributed by atoms with Gasteiger partial charge in [0.05, 0.1) is 21.8 Å². The van der Waals surface area contributed by atoms with Crippen molar-refractivity contribution in [1.82, 2.24) is 19.3 Å². The molecule has 0 aliphatic heterocycles. The molecule has 0 radical (unpaired) electrons. The second-order valence-electron chi connectivity index (χ2n) is 5.85. The number of nitriles is 1. The molecule has 4 rings (SSSR count). The first-order valence-electron chi connectivity index (χ1n) is 8.18. The van der Waals surface area contributed by atoms with Gasteiger partial charge in [0.1, 0.15) is 18.7 Å². The van der Waals surface area contributed by atoms with Gasteiger partial charge >= 0.3 is 4.87 Å². The Hall–Kier alpha value is -3.24. The van der Waals surface area contributed by atoms with E-state index in [1.54, 1.807) is 27.7 Å². The highest BCUT2D eigenvalue weighted by molar-refractivity contribution is 7.16. The van der Waals surface area contributed by atoms with Crippen molar-refractivity contribution in [2.75, 3.05) is 0 Å². The average molecular weight is 361 g/mol. The predicted octanol–water partition coefficient (Wildman–Crippen LogP) is 3.18. The van der Waals surface area contributed by atoms with Crippen LogP contribution < -0.4 is 4.87 Å². The lowest BCUT2D eigenvalue weighted by Gasteiger charge is -2.18. The van der Waals surface area contributed by atoms with Crippen molar-refractivity contribution < 1.29 is 0 Å². The standard InChI is InChI=1S/C19H15N5OS/c1-2-23-16-8-7-15(9-17(16)26-19(23)25)18(24-12-21-11-22-24)14-5-3-13(10-20)4-6-14/h3-9,11-12,18H,2H2,1H3. The van der Waals surface area contributed by atoms with Gasteiger partial charge in [0, 0.05) is 6.54 Å². The lowest BCUT2D eigenvalue weighted by molar-refractivity contribution is 0.594. The highest BCUT2D eigenvalue weighted by atomic mass is 32.1. The van der Waals surface area contributed by atoms with Crippen LogP contribution in [0.5, 0.6) is 0 Å². The van der Waals surface area contributed by atoms with Crippen LogP contribution in [0.15, 0.2) is 59.9 Å². The molecular formula is C19H15N5OS. The molecule has 0 saturated carbocycles. The van der Waals surface area contributed by atoms with Crippen molar-refractivity contribution in [3.63, 3.8) is 0 Å². The summed E-state index contributed by atoms with van der Waals surface area (Å²) < 4.78 is 4.51. The Morgan fingerprint density at radius 3 is 2.62 bits per heavy atom. The van der Waals surface area contributed by atoms with E-state index >= 15 is 0 Å². The molecule has 0 bridgehead atoms. The van der Waals surface area contributed by atoms with Gasteiger partial charge in [0.15, 0.2) is 0 Å². The second kappa shape index (κ2) is 6.58. The molecule has 1 unspecified atom stereocenters. The van der Waals surface area contributed by atoms with E-state index in [0.717, 1.165) is 21.3 Å². The molecule has 0 fully saturated rings. The summed E-state index contributed by atoms with van der Waals surface area (Å²) in [7, 11) is 0. The number of hydrogen-bond donors (Lipinski definition) is 0. The van der Waals surface area contributed by atoms with Crippen molar-refractivity contribution in [1.29, 1.82) is 5.26 Å². The Morgan fingerprint density at radius 1 is 1.19 bits per heavy atom. The van der Waals surface area contributed by atoms with E-state index in [1.165, 1.54) is 17.7 Å². The van der Waals surface area contributed by atoms with Crippen LogP contribution in [-0.2, 0) is 6.54 Å². The van der Waals surface area contributed by atoms with Crippen LogP contribution in [0.2, 0.25) is 0 Å². The summed E-state index contributed by atoms with van der Waals surface area (Å²) in [5.74, 6) is 0. The minimum atomic E-state index is -0.179. The Morgan fingerprint density at radius 2 is 1.96 bits per heavy atom. The Labute approximate surface area is 153 Å². The fourth-order valence-electron chi connectivity index (χ4n) is 3.14. The zero-order chi connectivity index (χ0) is 18.1. The number of fused-ring (bicyclic) bond motifs is 1. The van der Waals surface area contributed by atoms with Gasteiger partial charge in [-0.1, -0.05) is 29.5 Å². The van der Waals surface area contributed by atoms with E-state index in [1.807, 2.05) is 37.3 Å². The molecule has 0 spiro atoms. The smallest absolute Gasteiger partial charge is 0.299 e. The molecule has 4 aromatic rings. The minimum Gasteiger partial charge on any atom is -0.299 e. The zero-order valence-corrected chi connectivity index (χ0v) is 14.8. The normalized spacial score (nSPS) is 12.2. The lowest BCUT2D eigenvalue weighted by atomic mass is 9.98. The molecule has 0 amide bonds. The van der Waals surface area contributed by atoms with Crippen LogP contribution in [0.25, 0.3) is 10.2 Å². The van der Waals surface area contributed by atoms with Gasteiger partial charge in [-0.15, -0.1) is 0 Å². The summed E-state index contributed by atoms with van der Waals surface area (Å²) in [5.41, 5.74) is 3.57. The van der Waals surface area contributed by atoms with Crippen molar-refractivity contribution >= 4 is 21.6 Å². The monoisotopic (exact) mass is 361 g/mol. The molecule has 0 saturated heterocycles. The summed E-state index contributed by atoms with van der Waals surface area (Å²) in [6.45, 7) is 2.62. The third-order valence-corrected chi connectivity index (χ3v) is 5.32. The Kier molecular flexibility index (Phi) is 4.11. The van der Waals surface area contributed by atoms with Crippen LogP contribution in [0.4, 0.5) is 0 Å². The van der Waals surface area contributed by atoms with Crippen LogP contribution >= 0.6 is 11.3 Å². The Bertz CT molecular complexity index is 1150. The van der Waals surface area contributed by atoms with Gasteiger partial charge < -0.3 is 0 Å². The highest BCUT2D eigenvalue weighted by Gasteiger charge is 2.19. The molecule has 1 atom stereocenters. The molecular weight excluding hydrogens is 346 g/mol. The molecule has 128 valence electrons. The van der Waals surface area contributed by atoms with Crippen LogP contribution in [0.1, 0.15) is 29.7 Å². The first kappa shape index (κ1) is 16.2. The number of aromatic nitrogens is 4. The predicted molar refractivity (Wildman–Crippen MR) is 100 cm³/mol. The number of aryl methyl sites for hydroxylation is 1. The summed E-state index contributed by atoms with van der Waals surface area (Å²) in [6, 6.07) is 15.4. The fourth-order valence-corrected chi connectivity index (χ4v) is 4.14. The van der Waals surface area contributed by atoms with E-state index in [9.17, 15) is 4.79 Å². The molecule has 7 heteroatoms. The average Bonchev–Trinajstić information content (AvgIpc) is 3.29. The van der Waals surface area contributed by atoms with E-state index in [4.69, 9.17) is 5.26 Å². The number of benzene rings is 2. The number of hydrogen-bond acceptors (Lipinski definition) is 5. The molecule has 0 aliphatic rings. The summed E-state index contributed by atoms with van der Waals surface area (Å²) in [6.07, 6.45) is 3.17. The first-order chi connectivity index (χ1) is 12.7. The number of nitrogens with zero attached hydrogens (tertiary/aromatic N) is 5. The van der Waals surface area contributed by atoms with Gasteiger partial charge in [0.25, 0.3) is 0 Å². The number of thiazole rings is 1. The second-order valence-corrected chi connectivity index (χ2v) is 6.84. The summed E-state index contributed by atoms with van der Waals surface area (Å²) in [5, 5.41) is 13.3. The molecule has 0 aliphatic carbocycles. The molecule has 2 aromatic heterocycles. The van der Waals surface area contributed by atoms with Crippen molar-refractivity contribution in [3.05, 3.63) is 81.5 Å². The SMILES string of the molecule is CCn1c(=O)sc2cc(C(c3ccc(C#N)cc3)n3cncn3)ccc21. The van der Waals surface area contributed by atoms with Crippen LogP contribution in [-0.4, -0.2) is 19.3 Å². The molecule has 6 nitrogen and oxygen atoms in total. The topological polar surface area (TPSA) is 76.5 Å². The molecule has 26 heavy (non-hydrogen) atoms. The molecule has 2 heterocycles. The van der Waals surface area contributed by atoms with Gasteiger partial charge in [-0.05, 0) is 42.3 Å². The zero-order valence-electron chi connectivity index (χ0n) is 14.0. The Balaban J connectivity index is 1.87. The van der Waals surface area contributed by atoms with Crippen molar-refractivity contribution in [2.24, 2.45) is 0 Å². The van der Waals surface area contributed by atoms with E-state index < -0.39 is 0 Å². The molecule has 0 N–H and O–H groups in total. The minimum absolute atomic E-state index is 0.0512. The lowest BCUT2D eigenvalue weighted by Crippen LogP contribution is -2.13. The van der Waals surface area contributed by atoms with Gasteiger partial charge in [0.2, 0.25) is 0 Å². The number of rotatable bonds is 4. The molecule has 2 aromatic carbocycles. The van der Waals surface area contributed by atoms with Crippen molar-refractivity contribution in [2.45, 2.75) is 19.5 Å². The fraction of sp³-hybridized carbons (Fsp3) is 0.158. The van der Waals surface area contributed by atoms with Crippen molar-refractivity contribution in [3.8, 4) is 6.07 Å². The van der Waals surface area contributed by atoms with Gasteiger partial charge in [-0.2, -0.15) is 10.4 Å². The first-order valence-corrected chi connectivity index (χ1v) is 9.00. The van der Waals surface area contributed by atoms with Crippen LogP contribution in [0, 0.1) is 11.3 Å². The third-order valence-electron chi connectivity index (χ3n) is 4.38. The maximum Gasteiger partial charge on any atom is 0.308 e. The van der Waals surface area contributed by atoms with E-state index in [0.29, 0.717) is 12.1 Å². The third kappa shape index (κ3) is 2.70. The highest BCUT2D eigenvalue weighted by Crippen LogP contribution is 2.29. The van der Waals surface area contributed by atoms with Crippen LogP contribution in [0.3, 0.4) is 0 Å². The quantitative estimate of drug-likeness (QED) is 0.559. The largest absolute Gasteiger partial charge is 0.308 e.